The van der Waals surface area contributed by atoms with Crippen molar-refractivity contribution in [1.29, 1.82) is 0 Å². The van der Waals surface area contributed by atoms with Crippen LogP contribution in [0.1, 0.15) is 0 Å². The third-order valence-electron chi connectivity index (χ3n) is 12.1. The summed E-state index contributed by atoms with van der Waals surface area (Å²) in [5.74, 6) is -7.97. The summed E-state index contributed by atoms with van der Waals surface area (Å²) in [6.07, 6.45) is -37.5. The predicted molar refractivity (Wildman–Crippen MR) is 243 cm³/mol. The highest BCUT2D eigenvalue weighted by atomic mass is 16.7. The summed E-state index contributed by atoms with van der Waals surface area (Å²) in [5.41, 5.74) is -0.636. The van der Waals surface area contributed by atoms with E-state index in [1.807, 2.05) is 10.6 Å². The highest BCUT2D eigenvalue weighted by Gasteiger charge is 2.55. The largest absolute Gasteiger partial charge is 0.480 e. The van der Waals surface area contributed by atoms with Crippen LogP contribution >= 0.6 is 0 Å². The third kappa shape index (κ3) is 14.6. The Balaban J connectivity index is 1.52. The van der Waals surface area contributed by atoms with Crippen molar-refractivity contribution < 1.29 is 138 Å². The average molecular weight is 1090 g/mol. The standard InChI is InChI=1S/C44H62N4O28/c1-3-9-69-41-33(65)35(73-43-29(61)27(59)25(57)19(15-49)71-43)31(63)37(75-41)39(67)47(13-21(51)45-11-23(53)54)17-5-7-18(8-6-17)48(14-22(52)46-12-24(55)56)40(68)38-32(64)36(34(66)42(76-38)70-10-4-2)74-44-30(62)28(60)26(58)20(16-50)72-44/h3-8,19-20,25-38,41-44,49-50,57-66H,1-2,9-16H2,(H,45,51)(H,46,52)(H,53,54)(H,55,56)/t19-,20-,25-,26-,27+,28+,29+,30+,31+,32+,33-,34-,35+,36+,37+,38+,41+,42+,43-,44-/m1/s1. The van der Waals surface area contributed by atoms with Crippen molar-refractivity contribution in [3.05, 3.63) is 49.6 Å². The Kier molecular flexibility index (Phi) is 22.6. The molecular weight excluding hydrogens is 1030 g/mol. The predicted octanol–water partition coefficient (Wildman–Crippen LogP) is -9.58. The fourth-order valence-corrected chi connectivity index (χ4v) is 8.13. The molecule has 4 saturated heterocycles. The van der Waals surface area contributed by atoms with E-state index in [0.29, 0.717) is 9.80 Å². The van der Waals surface area contributed by atoms with Crippen molar-refractivity contribution in [2.45, 2.75) is 123 Å². The van der Waals surface area contributed by atoms with Gasteiger partial charge in [-0.3, -0.25) is 28.8 Å². The summed E-state index contributed by atoms with van der Waals surface area (Å²) < 4.78 is 44.4. The van der Waals surface area contributed by atoms with E-state index < -0.39 is 198 Å². The maximum atomic E-state index is 14.7. The molecule has 4 aliphatic rings. The van der Waals surface area contributed by atoms with E-state index in [0.717, 1.165) is 24.3 Å². The number of amides is 4. The number of carbonyl (C=O) groups excluding carboxylic acids is 4. The van der Waals surface area contributed by atoms with E-state index in [1.165, 1.54) is 12.2 Å². The third-order valence-corrected chi connectivity index (χ3v) is 12.1. The molecule has 0 aliphatic carbocycles. The smallest absolute Gasteiger partial charge is 0.322 e. The van der Waals surface area contributed by atoms with Crippen molar-refractivity contribution in [2.24, 2.45) is 0 Å². The molecule has 4 aliphatic heterocycles. The molecule has 32 heteroatoms. The van der Waals surface area contributed by atoms with E-state index in [-0.39, 0.29) is 24.6 Å². The topological polar surface area (TPSA) is 490 Å². The number of anilines is 2. The number of nitrogens with one attached hydrogen (secondary N) is 2. The van der Waals surface area contributed by atoms with Crippen LogP contribution in [0, 0.1) is 0 Å². The highest BCUT2D eigenvalue weighted by Crippen LogP contribution is 2.34. The lowest BCUT2D eigenvalue weighted by molar-refractivity contribution is -0.354. The molecule has 0 saturated carbocycles. The second kappa shape index (κ2) is 27.9. The molecule has 20 atom stereocenters. The number of aliphatic hydroxyl groups excluding tert-OH is 12. The molecule has 76 heavy (non-hydrogen) atoms. The highest BCUT2D eigenvalue weighted by molar-refractivity contribution is 6.04. The molecule has 5 rings (SSSR count). The summed E-state index contributed by atoms with van der Waals surface area (Å²) >= 11 is 0. The Labute approximate surface area is 430 Å². The zero-order valence-corrected chi connectivity index (χ0v) is 40.0. The molecule has 4 heterocycles. The molecule has 1 aromatic rings. The van der Waals surface area contributed by atoms with E-state index in [9.17, 15) is 100 Å². The van der Waals surface area contributed by atoms with Crippen LogP contribution in [0.3, 0.4) is 0 Å². The van der Waals surface area contributed by atoms with Crippen LogP contribution < -0.4 is 20.4 Å². The lowest BCUT2D eigenvalue weighted by Gasteiger charge is -2.46. The van der Waals surface area contributed by atoms with Crippen LogP contribution in [0.15, 0.2) is 49.6 Å². The number of nitrogens with zero attached hydrogens (tertiary/aromatic N) is 2. The van der Waals surface area contributed by atoms with Crippen molar-refractivity contribution in [3.63, 3.8) is 0 Å². The molecule has 4 amide bonds. The van der Waals surface area contributed by atoms with Gasteiger partial charge >= 0.3 is 11.9 Å². The Bertz CT molecular complexity index is 2010. The molecule has 426 valence electrons. The number of benzene rings is 1. The summed E-state index contributed by atoms with van der Waals surface area (Å²) in [6.45, 7) is 0.387. The van der Waals surface area contributed by atoms with Crippen molar-refractivity contribution >= 4 is 46.9 Å². The molecule has 0 unspecified atom stereocenters. The van der Waals surface area contributed by atoms with Gasteiger partial charge in [-0.1, -0.05) is 12.2 Å². The van der Waals surface area contributed by atoms with Crippen molar-refractivity contribution in [3.8, 4) is 0 Å². The Morgan fingerprint density at radius 1 is 0.500 bits per heavy atom. The van der Waals surface area contributed by atoms with Gasteiger partial charge < -0.3 is 130 Å². The van der Waals surface area contributed by atoms with E-state index in [2.05, 4.69) is 13.2 Å². The fraction of sp³-hybridized carbons (Fsp3) is 0.636. The normalized spacial score (nSPS) is 35.5. The molecule has 4 fully saturated rings. The number of rotatable bonds is 24. The van der Waals surface area contributed by atoms with E-state index in [1.54, 1.807) is 0 Å². The number of ether oxygens (including phenoxy) is 8. The molecule has 32 nitrogen and oxygen atoms in total. The quantitative estimate of drug-likeness (QED) is 0.0428. The molecule has 0 bridgehead atoms. The molecule has 16 N–H and O–H groups in total. The minimum Gasteiger partial charge on any atom is -0.480 e. The summed E-state index contributed by atoms with van der Waals surface area (Å²) in [7, 11) is 0. The zero-order chi connectivity index (χ0) is 56.3. The zero-order valence-electron chi connectivity index (χ0n) is 40.0. The van der Waals surface area contributed by atoms with Crippen LogP contribution in [-0.2, 0) is 66.7 Å². The van der Waals surface area contributed by atoms with Gasteiger partial charge in [-0.25, -0.2) is 0 Å². The minimum absolute atomic E-state index is 0.318. The molecule has 0 radical (unpaired) electrons. The van der Waals surface area contributed by atoms with Gasteiger partial charge in [0.25, 0.3) is 11.8 Å². The number of hydrogen-bond donors (Lipinski definition) is 16. The van der Waals surface area contributed by atoms with Crippen LogP contribution in [0.4, 0.5) is 11.4 Å². The molecular formula is C44H62N4O28. The van der Waals surface area contributed by atoms with Gasteiger partial charge in [0.2, 0.25) is 11.8 Å². The van der Waals surface area contributed by atoms with Gasteiger partial charge in [0, 0.05) is 11.4 Å². The average Bonchev–Trinajstić information content (AvgIpc) is 3.39. The van der Waals surface area contributed by atoms with Crippen LogP contribution in [0.2, 0.25) is 0 Å². The fourth-order valence-electron chi connectivity index (χ4n) is 8.13. The van der Waals surface area contributed by atoms with Gasteiger partial charge in [-0.05, 0) is 24.3 Å². The molecule has 1 aromatic carbocycles. The Hall–Kier alpha value is -5.28. The summed E-state index contributed by atoms with van der Waals surface area (Å²) in [6, 6.07) is 4.14. The Morgan fingerprint density at radius 2 is 0.842 bits per heavy atom. The minimum atomic E-state index is -2.30. The van der Waals surface area contributed by atoms with Gasteiger partial charge in [-0.15, -0.1) is 13.2 Å². The molecule has 0 aromatic heterocycles. The number of carboxylic acid groups (broad SMARTS) is 2. The monoisotopic (exact) mass is 1090 g/mol. The van der Waals surface area contributed by atoms with Gasteiger partial charge in [0.1, 0.15) is 112 Å². The second-order valence-electron chi connectivity index (χ2n) is 17.4. The summed E-state index contributed by atoms with van der Waals surface area (Å²) in [4.78, 5) is 79.7. The number of hydrogen-bond acceptors (Lipinski definition) is 26. The lowest BCUT2D eigenvalue weighted by Crippen LogP contribution is -2.66. The van der Waals surface area contributed by atoms with E-state index >= 15 is 0 Å². The number of carbonyl (C=O) groups is 6. The second-order valence-corrected chi connectivity index (χ2v) is 17.4. The van der Waals surface area contributed by atoms with Crippen molar-refractivity contribution in [1.82, 2.24) is 10.6 Å². The Morgan fingerprint density at radius 3 is 1.14 bits per heavy atom. The number of aliphatic hydroxyl groups is 12. The van der Waals surface area contributed by atoms with Crippen molar-refractivity contribution in [2.75, 3.05) is 62.4 Å². The SMILES string of the molecule is C=CCO[C@H]1O[C@H](C(=O)N(CC(=O)NCC(=O)O)c2ccc(N(CC(=O)NCC(=O)O)C(=O)[C@H]3O[C@H](OCC=C)[C@H](O)[C@@H](O[C@H]4O[C@H](CO)[C@@H](O)[C@H](O)[C@@H]4O)[C@@H]3O)cc2)[C@@H](O)[C@H](O[C@H]2O[C@H](CO)[C@@H](O)[C@H](O)[C@@H]2O)[C@H]1O. The number of aliphatic carboxylic acids is 2. The first-order valence-electron chi connectivity index (χ1n) is 23.1. The maximum Gasteiger partial charge on any atom is 0.322 e. The lowest BCUT2D eigenvalue weighted by atomic mass is 9.95. The van der Waals surface area contributed by atoms with Gasteiger partial charge in [0.15, 0.2) is 37.4 Å². The van der Waals surface area contributed by atoms with Gasteiger partial charge in [-0.2, -0.15) is 0 Å². The first kappa shape index (κ1) is 61.6. The van der Waals surface area contributed by atoms with Crippen LogP contribution in [0.5, 0.6) is 0 Å². The van der Waals surface area contributed by atoms with Gasteiger partial charge in [0.05, 0.1) is 26.4 Å². The number of carboxylic acids is 2. The summed E-state index contributed by atoms with van der Waals surface area (Å²) in [5, 5.41) is 150. The first-order valence-corrected chi connectivity index (χ1v) is 23.1. The van der Waals surface area contributed by atoms with Crippen LogP contribution in [0.25, 0.3) is 0 Å². The molecule has 0 spiro atoms. The first-order chi connectivity index (χ1) is 36.0. The maximum absolute atomic E-state index is 14.7. The van der Waals surface area contributed by atoms with Crippen LogP contribution in [-0.4, -0.2) is 282 Å². The van der Waals surface area contributed by atoms with E-state index in [4.69, 9.17) is 37.9 Å².